The van der Waals surface area contributed by atoms with Gasteiger partial charge in [-0.15, -0.1) is 0 Å². The van der Waals surface area contributed by atoms with Gasteiger partial charge in [-0.25, -0.2) is 0 Å². The predicted molar refractivity (Wildman–Crippen MR) is 80.9 cm³/mol. The molecule has 0 aliphatic carbocycles. The molecule has 1 N–H and O–H groups in total. The number of rotatable bonds is 4. The molecule has 0 aromatic rings. The van der Waals surface area contributed by atoms with Crippen molar-refractivity contribution in [1.82, 2.24) is 10.2 Å². The van der Waals surface area contributed by atoms with Gasteiger partial charge < -0.3 is 5.32 Å². The average Bonchev–Trinajstić information content (AvgIpc) is 2.13. The smallest absolute Gasteiger partial charge is 0.0269 e. The summed E-state index contributed by atoms with van der Waals surface area (Å²) in [5, 5.41) is 3.77. The van der Waals surface area contributed by atoms with Gasteiger partial charge >= 0.3 is 0 Å². The minimum atomic E-state index is 0.366. The molecule has 1 saturated heterocycles. The Morgan fingerprint density at radius 2 is 1.72 bits per heavy atom. The Labute approximate surface area is 115 Å². The second-order valence-electron chi connectivity index (χ2n) is 7.96. The summed E-state index contributed by atoms with van der Waals surface area (Å²) in [5.41, 5.74) is 0.366. The first kappa shape index (κ1) is 16.0. The highest BCUT2D eigenvalue weighted by Gasteiger charge is 2.35. The maximum Gasteiger partial charge on any atom is 0.0269 e. The molecule has 18 heavy (non-hydrogen) atoms. The van der Waals surface area contributed by atoms with Crippen LogP contribution in [0.15, 0.2) is 0 Å². The lowest BCUT2D eigenvalue weighted by Gasteiger charge is -2.47. The maximum atomic E-state index is 3.77. The van der Waals surface area contributed by atoms with Crippen LogP contribution in [0.5, 0.6) is 0 Å². The van der Waals surface area contributed by atoms with E-state index in [-0.39, 0.29) is 0 Å². The maximum absolute atomic E-state index is 3.77. The van der Waals surface area contributed by atoms with Crippen LogP contribution in [0, 0.1) is 17.3 Å². The number of hydrogen-bond donors (Lipinski definition) is 1. The lowest BCUT2D eigenvalue weighted by molar-refractivity contribution is 0.0427. The summed E-state index contributed by atoms with van der Waals surface area (Å²) in [7, 11) is 0. The first-order chi connectivity index (χ1) is 8.20. The highest BCUT2D eigenvalue weighted by molar-refractivity contribution is 4.92. The number of piperazine rings is 1. The minimum Gasteiger partial charge on any atom is -0.311 e. The zero-order valence-corrected chi connectivity index (χ0v) is 13.6. The van der Waals surface area contributed by atoms with Crippen molar-refractivity contribution in [2.75, 3.05) is 19.6 Å². The van der Waals surface area contributed by atoms with E-state index in [4.69, 9.17) is 0 Å². The molecule has 2 nitrogen and oxygen atoms in total. The third-order valence-corrected chi connectivity index (χ3v) is 3.85. The fourth-order valence-corrected chi connectivity index (χ4v) is 3.13. The first-order valence-electron chi connectivity index (χ1n) is 7.67. The molecule has 0 amide bonds. The molecular weight excluding hydrogens is 220 g/mol. The number of nitrogens with one attached hydrogen (secondary N) is 1. The van der Waals surface area contributed by atoms with Gasteiger partial charge in [-0.1, -0.05) is 48.5 Å². The second-order valence-corrected chi connectivity index (χ2v) is 7.96. The Balaban J connectivity index is 2.67. The molecule has 2 heteroatoms. The van der Waals surface area contributed by atoms with Crippen molar-refractivity contribution >= 4 is 0 Å². The lowest BCUT2D eigenvalue weighted by atomic mass is 9.83. The van der Waals surface area contributed by atoms with Crippen molar-refractivity contribution in [1.29, 1.82) is 0 Å². The molecule has 1 aliphatic heterocycles. The third-order valence-electron chi connectivity index (χ3n) is 3.85. The van der Waals surface area contributed by atoms with Gasteiger partial charge in [0.15, 0.2) is 0 Å². The van der Waals surface area contributed by atoms with Gasteiger partial charge in [-0.3, -0.25) is 4.90 Å². The largest absolute Gasteiger partial charge is 0.311 e. The summed E-state index contributed by atoms with van der Waals surface area (Å²) in [4.78, 5) is 2.73. The third kappa shape index (κ3) is 4.89. The second kappa shape index (κ2) is 6.38. The van der Waals surface area contributed by atoms with Gasteiger partial charge in [-0.05, 0) is 23.7 Å². The van der Waals surface area contributed by atoms with E-state index >= 15 is 0 Å². The van der Waals surface area contributed by atoms with Crippen molar-refractivity contribution in [3.63, 3.8) is 0 Å². The molecule has 0 saturated carbocycles. The van der Waals surface area contributed by atoms with E-state index in [1.807, 2.05) is 0 Å². The van der Waals surface area contributed by atoms with E-state index in [0.29, 0.717) is 17.5 Å². The number of hydrogen-bond acceptors (Lipinski definition) is 2. The summed E-state index contributed by atoms with van der Waals surface area (Å²) < 4.78 is 0. The summed E-state index contributed by atoms with van der Waals surface area (Å²) in [5.74, 6) is 1.54. The van der Waals surface area contributed by atoms with Gasteiger partial charge in [0.05, 0.1) is 0 Å². The Morgan fingerprint density at radius 1 is 1.11 bits per heavy atom. The van der Waals surface area contributed by atoms with Crippen LogP contribution in [0.4, 0.5) is 0 Å². The quantitative estimate of drug-likeness (QED) is 0.827. The Bertz CT molecular complexity index is 240. The predicted octanol–water partition coefficient (Wildman–Crippen LogP) is 3.38. The van der Waals surface area contributed by atoms with Gasteiger partial charge in [-0.2, -0.15) is 0 Å². The SMILES string of the molecule is CC(C)CC1CN(CC(C)C)C(C(C)(C)C)CN1. The van der Waals surface area contributed by atoms with Crippen molar-refractivity contribution in [2.45, 2.75) is 67.0 Å². The van der Waals surface area contributed by atoms with Gasteiger partial charge in [0, 0.05) is 31.7 Å². The van der Waals surface area contributed by atoms with E-state index in [9.17, 15) is 0 Å². The van der Waals surface area contributed by atoms with Crippen molar-refractivity contribution in [3.8, 4) is 0 Å². The molecule has 1 fully saturated rings. The topological polar surface area (TPSA) is 15.3 Å². The van der Waals surface area contributed by atoms with Crippen LogP contribution in [0.2, 0.25) is 0 Å². The van der Waals surface area contributed by atoms with Crippen LogP contribution in [-0.4, -0.2) is 36.6 Å². The summed E-state index contributed by atoms with van der Waals surface area (Å²) >= 11 is 0. The zero-order chi connectivity index (χ0) is 13.9. The van der Waals surface area contributed by atoms with E-state index in [1.54, 1.807) is 0 Å². The summed E-state index contributed by atoms with van der Waals surface area (Å²) in [6.45, 7) is 20.0. The number of nitrogens with zero attached hydrogens (tertiary/aromatic N) is 1. The molecule has 0 bridgehead atoms. The molecule has 0 aromatic carbocycles. The molecule has 1 heterocycles. The van der Waals surface area contributed by atoms with Crippen LogP contribution in [0.1, 0.15) is 54.9 Å². The normalized spacial score (nSPS) is 27.2. The summed E-state index contributed by atoms with van der Waals surface area (Å²) in [6.07, 6.45) is 1.30. The van der Waals surface area contributed by atoms with Gasteiger partial charge in [0.25, 0.3) is 0 Å². The van der Waals surface area contributed by atoms with Crippen LogP contribution in [-0.2, 0) is 0 Å². The fraction of sp³-hybridized carbons (Fsp3) is 1.00. The minimum absolute atomic E-state index is 0.366. The van der Waals surface area contributed by atoms with Gasteiger partial charge in [0.2, 0.25) is 0 Å². The highest BCUT2D eigenvalue weighted by atomic mass is 15.2. The van der Waals surface area contributed by atoms with Gasteiger partial charge in [0.1, 0.15) is 0 Å². The monoisotopic (exact) mass is 254 g/mol. The molecule has 2 atom stereocenters. The molecule has 1 rings (SSSR count). The van der Waals surface area contributed by atoms with E-state index < -0.39 is 0 Å². The van der Waals surface area contributed by atoms with Crippen molar-refractivity contribution in [2.24, 2.45) is 17.3 Å². The molecule has 0 radical (unpaired) electrons. The molecule has 1 aliphatic rings. The Kier molecular flexibility index (Phi) is 5.67. The molecular formula is C16H34N2. The Morgan fingerprint density at radius 3 is 2.17 bits per heavy atom. The van der Waals surface area contributed by atoms with E-state index in [2.05, 4.69) is 58.7 Å². The van der Waals surface area contributed by atoms with Crippen molar-refractivity contribution < 1.29 is 0 Å². The van der Waals surface area contributed by atoms with Crippen LogP contribution in [0.3, 0.4) is 0 Å². The summed E-state index contributed by atoms with van der Waals surface area (Å²) in [6, 6.07) is 1.35. The van der Waals surface area contributed by atoms with E-state index in [1.165, 1.54) is 19.5 Å². The first-order valence-corrected chi connectivity index (χ1v) is 7.67. The Hall–Kier alpha value is -0.0800. The van der Waals surface area contributed by atoms with Crippen LogP contribution in [0.25, 0.3) is 0 Å². The van der Waals surface area contributed by atoms with Crippen LogP contribution >= 0.6 is 0 Å². The standard InChI is InChI=1S/C16H34N2/c1-12(2)8-14-11-18(10-13(3)4)15(9-17-14)16(5,6)7/h12-15,17H,8-11H2,1-7H3. The highest BCUT2D eigenvalue weighted by Crippen LogP contribution is 2.28. The molecule has 0 aromatic heterocycles. The van der Waals surface area contributed by atoms with Crippen LogP contribution < -0.4 is 5.32 Å². The molecule has 108 valence electrons. The molecule has 2 unspecified atom stereocenters. The average molecular weight is 254 g/mol. The fourth-order valence-electron chi connectivity index (χ4n) is 3.13. The molecule has 0 spiro atoms. The van der Waals surface area contributed by atoms with E-state index in [0.717, 1.165) is 18.4 Å². The lowest BCUT2D eigenvalue weighted by Crippen LogP contribution is -2.61. The van der Waals surface area contributed by atoms with Crippen molar-refractivity contribution in [3.05, 3.63) is 0 Å². The zero-order valence-electron chi connectivity index (χ0n) is 13.6.